The Balaban J connectivity index is 1.98. The van der Waals surface area contributed by atoms with Gasteiger partial charge in [-0.3, -0.25) is 4.98 Å². The summed E-state index contributed by atoms with van der Waals surface area (Å²) in [6, 6.07) is 8.10. The van der Waals surface area contributed by atoms with Crippen LogP contribution in [0.1, 0.15) is 31.0 Å². The second-order valence-corrected chi connectivity index (χ2v) is 4.60. The molecule has 1 aromatic heterocycles. The molecular weight excluding hydrogens is 260 g/mol. The van der Waals surface area contributed by atoms with E-state index in [1.54, 1.807) is 12.4 Å². The molecule has 0 aliphatic heterocycles. The molecule has 0 unspecified atom stereocenters. The fourth-order valence-corrected chi connectivity index (χ4v) is 1.83. The Labute approximate surface area is 118 Å². The Morgan fingerprint density at radius 3 is 2.47 bits per heavy atom. The molecule has 1 aromatic carbocycles. The lowest BCUT2D eigenvalue weighted by Gasteiger charge is -2.06. The summed E-state index contributed by atoms with van der Waals surface area (Å²) in [6.45, 7) is 2.20. The van der Waals surface area contributed by atoms with E-state index in [9.17, 15) is 0 Å². The minimum Gasteiger partial charge on any atom is -0.438 e. The van der Waals surface area contributed by atoms with Gasteiger partial charge in [0, 0.05) is 0 Å². The Hall–Kier alpha value is -1.61. The van der Waals surface area contributed by atoms with Gasteiger partial charge in [0.25, 0.3) is 0 Å². The molecule has 100 valence electrons. The molecule has 0 atom stereocenters. The van der Waals surface area contributed by atoms with Gasteiger partial charge in [-0.05, 0) is 30.5 Å². The summed E-state index contributed by atoms with van der Waals surface area (Å²) in [7, 11) is 0. The molecule has 19 heavy (non-hydrogen) atoms. The quantitative estimate of drug-likeness (QED) is 0.736. The first kappa shape index (κ1) is 13.8. The van der Waals surface area contributed by atoms with E-state index in [2.05, 4.69) is 29.0 Å². The molecule has 0 spiro atoms. The first-order valence-electron chi connectivity index (χ1n) is 6.45. The van der Waals surface area contributed by atoms with E-state index in [4.69, 9.17) is 16.3 Å². The second kappa shape index (κ2) is 7.10. The van der Waals surface area contributed by atoms with Crippen LogP contribution >= 0.6 is 11.6 Å². The van der Waals surface area contributed by atoms with Crippen molar-refractivity contribution < 1.29 is 4.74 Å². The molecule has 4 heteroatoms. The summed E-state index contributed by atoms with van der Waals surface area (Å²) in [5.74, 6) is 1.61. The Bertz CT molecular complexity index is 497. The number of ether oxygens (including phenoxy) is 1. The van der Waals surface area contributed by atoms with Gasteiger partial charge in [0.1, 0.15) is 5.75 Å². The molecule has 0 aliphatic carbocycles. The van der Waals surface area contributed by atoms with Crippen molar-refractivity contribution >= 4 is 11.6 Å². The molecule has 0 amide bonds. The minimum atomic E-state index is 0.361. The fourth-order valence-electron chi connectivity index (χ4n) is 1.69. The standard InChI is InChI=1S/C15H17ClN2O/c1-2-3-4-12-5-7-14(8-6-12)19-15-11-17-13(9-16)10-18-15/h5-8,10-11H,2-4,9H2,1H3. The zero-order valence-corrected chi connectivity index (χ0v) is 11.7. The van der Waals surface area contributed by atoms with E-state index in [1.165, 1.54) is 18.4 Å². The van der Waals surface area contributed by atoms with Crippen LogP contribution in [0.15, 0.2) is 36.7 Å². The second-order valence-electron chi connectivity index (χ2n) is 4.33. The van der Waals surface area contributed by atoms with Crippen LogP contribution in [0, 0.1) is 0 Å². The predicted molar refractivity (Wildman–Crippen MR) is 76.7 cm³/mol. The van der Waals surface area contributed by atoms with E-state index in [-0.39, 0.29) is 0 Å². The van der Waals surface area contributed by atoms with E-state index < -0.39 is 0 Å². The highest BCUT2D eigenvalue weighted by molar-refractivity contribution is 6.16. The molecule has 2 rings (SSSR count). The summed E-state index contributed by atoms with van der Waals surface area (Å²) in [5, 5.41) is 0. The average Bonchev–Trinajstić information content (AvgIpc) is 2.47. The maximum absolute atomic E-state index is 5.66. The third kappa shape index (κ3) is 4.21. The maximum atomic E-state index is 5.66. The summed E-state index contributed by atoms with van der Waals surface area (Å²) in [5.41, 5.74) is 2.07. The van der Waals surface area contributed by atoms with Gasteiger partial charge in [-0.25, -0.2) is 4.98 Å². The highest BCUT2D eigenvalue weighted by Gasteiger charge is 2.00. The van der Waals surface area contributed by atoms with Crippen molar-refractivity contribution in [3.63, 3.8) is 0 Å². The summed E-state index contributed by atoms with van der Waals surface area (Å²) >= 11 is 5.66. The third-order valence-electron chi connectivity index (χ3n) is 2.78. The normalized spacial score (nSPS) is 10.4. The van der Waals surface area contributed by atoms with Crippen LogP contribution in [0.2, 0.25) is 0 Å². The Kier molecular flexibility index (Phi) is 5.16. The van der Waals surface area contributed by atoms with Gasteiger partial charge < -0.3 is 4.74 Å². The van der Waals surface area contributed by atoms with E-state index in [0.29, 0.717) is 11.8 Å². The van der Waals surface area contributed by atoms with Crippen molar-refractivity contribution in [2.75, 3.05) is 0 Å². The summed E-state index contributed by atoms with van der Waals surface area (Å²) in [6.07, 6.45) is 6.74. The lowest BCUT2D eigenvalue weighted by molar-refractivity contribution is 0.459. The molecule has 0 fully saturated rings. The van der Waals surface area contributed by atoms with Crippen LogP contribution in [-0.4, -0.2) is 9.97 Å². The predicted octanol–water partition coefficient (Wildman–Crippen LogP) is 4.35. The maximum Gasteiger partial charge on any atom is 0.237 e. The van der Waals surface area contributed by atoms with Gasteiger partial charge in [0.15, 0.2) is 0 Å². The summed E-state index contributed by atoms with van der Waals surface area (Å²) in [4.78, 5) is 8.28. The van der Waals surface area contributed by atoms with Gasteiger partial charge in [-0.2, -0.15) is 0 Å². The number of aryl methyl sites for hydroxylation is 1. The minimum absolute atomic E-state index is 0.361. The molecule has 0 radical (unpaired) electrons. The highest BCUT2D eigenvalue weighted by Crippen LogP contribution is 2.19. The monoisotopic (exact) mass is 276 g/mol. The van der Waals surface area contributed by atoms with Crippen molar-refractivity contribution in [1.29, 1.82) is 0 Å². The lowest BCUT2D eigenvalue weighted by atomic mass is 10.1. The SMILES string of the molecule is CCCCc1ccc(Oc2cnc(CCl)cn2)cc1. The van der Waals surface area contributed by atoms with Crippen LogP contribution in [0.3, 0.4) is 0 Å². The molecule has 0 aliphatic rings. The van der Waals surface area contributed by atoms with Crippen LogP contribution in [-0.2, 0) is 12.3 Å². The van der Waals surface area contributed by atoms with Crippen molar-refractivity contribution in [3.05, 3.63) is 47.9 Å². The van der Waals surface area contributed by atoms with Crippen molar-refractivity contribution in [3.8, 4) is 11.6 Å². The average molecular weight is 277 g/mol. The number of hydrogen-bond acceptors (Lipinski definition) is 3. The molecule has 0 saturated heterocycles. The number of aromatic nitrogens is 2. The first-order chi connectivity index (χ1) is 9.31. The van der Waals surface area contributed by atoms with Gasteiger partial charge in [0.05, 0.1) is 24.0 Å². The van der Waals surface area contributed by atoms with Crippen LogP contribution in [0.4, 0.5) is 0 Å². The highest BCUT2D eigenvalue weighted by atomic mass is 35.5. The zero-order chi connectivity index (χ0) is 13.5. The van der Waals surface area contributed by atoms with Crippen LogP contribution < -0.4 is 4.74 Å². The molecular formula is C15H17ClN2O. The van der Waals surface area contributed by atoms with Gasteiger partial charge in [0.2, 0.25) is 5.88 Å². The van der Waals surface area contributed by atoms with Crippen molar-refractivity contribution in [1.82, 2.24) is 9.97 Å². The topological polar surface area (TPSA) is 35.0 Å². The number of unbranched alkanes of at least 4 members (excludes halogenated alkanes) is 1. The van der Waals surface area contributed by atoms with Gasteiger partial charge >= 0.3 is 0 Å². The van der Waals surface area contributed by atoms with E-state index >= 15 is 0 Å². The number of rotatable bonds is 6. The third-order valence-corrected chi connectivity index (χ3v) is 3.06. The van der Waals surface area contributed by atoms with Gasteiger partial charge in [-0.15, -0.1) is 11.6 Å². The smallest absolute Gasteiger partial charge is 0.237 e. The lowest BCUT2D eigenvalue weighted by Crippen LogP contribution is -1.92. The van der Waals surface area contributed by atoms with Crippen LogP contribution in [0.5, 0.6) is 11.6 Å². The number of benzene rings is 1. The molecule has 3 nitrogen and oxygen atoms in total. The van der Waals surface area contributed by atoms with Crippen molar-refractivity contribution in [2.24, 2.45) is 0 Å². The first-order valence-corrected chi connectivity index (χ1v) is 6.99. The fraction of sp³-hybridized carbons (Fsp3) is 0.333. The number of halogens is 1. The zero-order valence-electron chi connectivity index (χ0n) is 11.0. The Morgan fingerprint density at radius 1 is 1.11 bits per heavy atom. The van der Waals surface area contributed by atoms with Gasteiger partial charge in [-0.1, -0.05) is 25.5 Å². The van der Waals surface area contributed by atoms with E-state index in [0.717, 1.165) is 17.9 Å². The molecule has 1 heterocycles. The molecule has 2 aromatic rings. The number of alkyl halides is 1. The van der Waals surface area contributed by atoms with Crippen LogP contribution in [0.25, 0.3) is 0 Å². The molecule has 0 bridgehead atoms. The number of nitrogens with zero attached hydrogens (tertiary/aromatic N) is 2. The molecule has 0 saturated carbocycles. The largest absolute Gasteiger partial charge is 0.438 e. The number of hydrogen-bond donors (Lipinski definition) is 0. The van der Waals surface area contributed by atoms with Crippen molar-refractivity contribution in [2.45, 2.75) is 32.1 Å². The summed E-state index contributed by atoms with van der Waals surface area (Å²) < 4.78 is 5.62. The Morgan fingerprint density at radius 2 is 1.89 bits per heavy atom. The molecule has 0 N–H and O–H groups in total. The van der Waals surface area contributed by atoms with E-state index in [1.807, 2.05) is 12.1 Å².